The smallest absolute Gasteiger partial charge is 0.172 e. The molecule has 2 nitrogen and oxygen atoms in total. The molecule has 0 aliphatic heterocycles. The standard InChI is InChI=1S/C30H45N2/c1-5-8-10-12-14-20-31-24-29-18-17-28(23-27(29)16-7-3)30-19-22-32(25-26(30)4)21-15-13-11-9-6-2/h7,16-19,22-25H,5-6,8-15,20-21H2,1-4H3/q+1/b16-7-,31-24?. The molecule has 0 bridgehead atoms. The first-order chi connectivity index (χ1) is 15.7. The molecule has 0 spiro atoms. The van der Waals surface area contributed by atoms with Gasteiger partial charge in [0.05, 0.1) is 0 Å². The van der Waals surface area contributed by atoms with Gasteiger partial charge in [0.15, 0.2) is 12.4 Å². The van der Waals surface area contributed by atoms with Gasteiger partial charge in [-0.1, -0.05) is 83.1 Å². The minimum Gasteiger partial charge on any atom is -0.293 e. The van der Waals surface area contributed by atoms with Crippen LogP contribution in [0.2, 0.25) is 0 Å². The number of pyridine rings is 1. The highest BCUT2D eigenvalue weighted by Crippen LogP contribution is 2.25. The monoisotopic (exact) mass is 433 g/mol. The van der Waals surface area contributed by atoms with Crippen molar-refractivity contribution >= 4 is 12.3 Å². The summed E-state index contributed by atoms with van der Waals surface area (Å²) in [4.78, 5) is 4.70. The van der Waals surface area contributed by atoms with Crippen LogP contribution in [0.15, 0.2) is 47.7 Å². The Morgan fingerprint density at radius 1 is 0.844 bits per heavy atom. The second-order valence-corrected chi connectivity index (χ2v) is 8.99. The number of hydrogen-bond donors (Lipinski definition) is 0. The summed E-state index contributed by atoms with van der Waals surface area (Å²) in [5.41, 5.74) is 6.38. The van der Waals surface area contributed by atoms with Crippen molar-refractivity contribution in [3.63, 3.8) is 0 Å². The van der Waals surface area contributed by atoms with Crippen molar-refractivity contribution in [3.8, 4) is 11.1 Å². The third kappa shape index (κ3) is 9.10. The van der Waals surface area contributed by atoms with E-state index in [2.05, 4.69) is 87.3 Å². The maximum Gasteiger partial charge on any atom is 0.172 e. The van der Waals surface area contributed by atoms with Gasteiger partial charge in [0.1, 0.15) is 6.54 Å². The van der Waals surface area contributed by atoms with Crippen LogP contribution in [0.25, 0.3) is 17.2 Å². The molecule has 0 aliphatic carbocycles. The van der Waals surface area contributed by atoms with E-state index in [-0.39, 0.29) is 0 Å². The van der Waals surface area contributed by atoms with Crippen LogP contribution in [0.5, 0.6) is 0 Å². The molecule has 2 heteroatoms. The van der Waals surface area contributed by atoms with Crippen molar-refractivity contribution in [1.29, 1.82) is 0 Å². The third-order valence-electron chi connectivity index (χ3n) is 6.10. The molecule has 0 amide bonds. The van der Waals surface area contributed by atoms with E-state index in [9.17, 15) is 0 Å². The molecule has 1 aromatic heterocycles. The Kier molecular flexibility index (Phi) is 12.7. The molecule has 174 valence electrons. The van der Waals surface area contributed by atoms with Gasteiger partial charge in [-0.15, -0.1) is 0 Å². The molecule has 2 aromatic rings. The van der Waals surface area contributed by atoms with Crippen LogP contribution in [-0.4, -0.2) is 12.8 Å². The van der Waals surface area contributed by atoms with Crippen LogP contribution in [0, 0.1) is 6.92 Å². The van der Waals surface area contributed by atoms with Crippen LogP contribution in [0.3, 0.4) is 0 Å². The summed E-state index contributed by atoms with van der Waals surface area (Å²) >= 11 is 0. The van der Waals surface area contributed by atoms with Crippen LogP contribution >= 0.6 is 0 Å². The summed E-state index contributed by atoms with van der Waals surface area (Å²) in [6, 6.07) is 9.05. The molecular weight excluding hydrogens is 388 g/mol. The molecule has 0 fully saturated rings. The first kappa shape index (κ1) is 26.0. The minimum absolute atomic E-state index is 0.928. The summed E-state index contributed by atoms with van der Waals surface area (Å²) in [5, 5.41) is 0. The first-order valence-electron chi connectivity index (χ1n) is 13.0. The fraction of sp³-hybridized carbons (Fsp3) is 0.533. The van der Waals surface area contributed by atoms with Crippen molar-refractivity contribution in [1.82, 2.24) is 0 Å². The average Bonchev–Trinajstić information content (AvgIpc) is 2.79. The molecule has 0 unspecified atom stereocenters. The van der Waals surface area contributed by atoms with Gasteiger partial charge in [0, 0.05) is 30.8 Å². The number of aryl methyl sites for hydroxylation is 2. The van der Waals surface area contributed by atoms with E-state index in [0.717, 1.165) is 13.1 Å². The predicted octanol–water partition coefficient (Wildman–Crippen LogP) is 8.34. The lowest BCUT2D eigenvalue weighted by molar-refractivity contribution is -0.697. The first-order valence-corrected chi connectivity index (χ1v) is 13.0. The van der Waals surface area contributed by atoms with Crippen LogP contribution < -0.4 is 4.57 Å². The van der Waals surface area contributed by atoms with Gasteiger partial charge < -0.3 is 0 Å². The number of aliphatic imine (C=N–C) groups is 1. The Labute approximate surface area is 197 Å². The quantitative estimate of drug-likeness (QED) is 0.152. The van der Waals surface area contributed by atoms with Gasteiger partial charge in [-0.25, -0.2) is 4.57 Å². The fourth-order valence-corrected chi connectivity index (χ4v) is 4.18. The number of aromatic nitrogens is 1. The number of unbranched alkanes of at least 4 members (excludes halogenated alkanes) is 8. The average molecular weight is 434 g/mol. The van der Waals surface area contributed by atoms with E-state index in [4.69, 9.17) is 4.99 Å². The van der Waals surface area contributed by atoms with E-state index < -0.39 is 0 Å². The van der Waals surface area contributed by atoms with Crippen molar-refractivity contribution < 1.29 is 4.57 Å². The lowest BCUT2D eigenvalue weighted by Gasteiger charge is -2.09. The molecule has 0 saturated heterocycles. The molecule has 1 heterocycles. The molecule has 1 aromatic carbocycles. The maximum absolute atomic E-state index is 4.70. The number of allylic oxidation sites excluding steroid dienone is 1. The van der Waals surface area contributed by atoms with Crippen LogP contribution in [0.4, 0.5) is 0 Å². The Bertz CT molecular complexity index is 848. The normalized spacial score (nSPS) is 11.8. The summed E-state index contributed by atoms with van der Waals surface area (Å²) < 4.78 is 2.35. The Morgan fingerprint density at radius 3 is 2.25 bits per heavy atom. The van der Waals surface area contributed by atoms with E-state index in [1.807, 2.05) is 0 Å². The lowest BCUT2D eigenvalue weighted by Crippen LogP contribution is -2.33. The topological polar surface area (TPSA) is 16.2 Å². The highest BCUT2D eigenvalue weighted by molar-refractivity contribution is 5.87. The van der Waals surface area contributed by atoms with Gasteiger partial charge in [-0.05, 0) is 55.0 Å². The van der Waals surface area contributed by atoms with E-state index >= 15 is 0 Å². The van der Waals surface area contributed by atoms with Crippen molar-refractivity contribution in [2.45, 2.75) is 98.4 Å². The second-order valence-electron chi connectivity index (χ2n) is 8.99. The summed E-state index contributed by atoms with van der Waals surface area (Å²) in [6.45, 7) is 10.9. The van der Waals surface area contributed by atoms with E-state index in [1.54, 1.807) is 0 Å². The largest absolute Gasteiger partial charge is 0.293 e. The van der Waals surface area contributed by atoms with Crippen LogP contribution in [-0.2, 0) is 6.54 Å². The van der Waals surface area contributed by atoms with Gasteiger partial charge in [-0.3, -0.25) is 4.99 Å². The predicted molar refractivity (Wildman–Crippen MR) is 141 cm³/mol. The highest BCUT2D eigenvalue weighted by Gasteiger charge is 2.09. The maximum atomic E-state index is 4.70. The third-order valence-corrected chi connectivity index (χ3v) is 6.10. The Balaban J connectivity index is 2.04. The molecular formula is C30H45N2+. The number of rotatable bonds is 15. The Hall–Kier alpha value is -2.22. The molecule has 0 N–H and O–H groups in total. The zero-order chi connectivity index (χ0) is 23.0. The SMILES string of the molecule is C/C=C\c1cc(-c2cc[n+](CCCCCCC)cc2C)ccc1C=NCCCCCCC. The zero-order valence-electron chi connectivity index (χ0n) is 21.1. The molecule has 0 atom stereocenters. The van der Waals surface area contributed by atoms with Gasteiger partial charge >= 0.3 is 0 Å². The van der Waals surface area contributed by atoms with Gasteiger partial charge in [0.25, 0.3) is 0 Å². The van der Waals surface area contributed by atoms with Gasteiger partial charge in [-0.2, -0.15) is 0 Å². The molecule has 0 aliphatic rings. The summed E-state index contributed by atoms with van der Waals surface area (Å²) in [7, 11) is 0. The van der Waals surface area contributed by atoms with E-state index in [1.165, 1.54) is 92.0 Å². The number of hydrogen-bond acceptors (Lipinski definition) is 1. The van der Waals surface area contributed by atoms with Crippen molar-refractivity contribution in [3.05, 3.63) is 59.4 Å². The van der Waals surface area contributed by atoms with Crippen LogP contribution in [0.1, 0.15) is 102 Å². The molecule has 32 heavy (non-hydrogen) atoms. The van der Waals surface area contributed by atoms with Crippen molar-refractivity contribution in [2.24, 2.45) is 4.99 Å². The molecule has 2 rings (SSSR count). The lowest BCUT2D eigenvalue weighted by atomic mass is 9.97. The Morgan fingerprint density at radius 2 is 1.56 bits per heavy atom. The highest BCUT2D eigenvalue weighted by atomic mass is 14.9. The fourth-order valence-electron chi connectivity index (χ4n) is 4.18. The molecule has 0 radical (unpaired) electrons. The van der Waals surface area contributed by atoms with E-state index in [0.29, 0.717) is 0 Å². The summed E-state index contributed by atoms with van der Waals surface area (Å²) in [5.74, 6) is 0. The number of benzene rings is 1. The zero-order valence-corrected chi connectivity index (χ0v) is 21.1. The van der Waals surface area contributed by atoms with Gasteiger partial charge in [0.2, 0.25) is 0 Å². The number of nitrogens with zero attached hydrogens (tertiary/aromatic N) is 2. The second kappa shape index (κ2) is 15.6. The van der Waals surface area contributed by atoms with Crippen molar-refractivity contribution in [2.75, 3.05) is 6.54 Å². The molecule has 0 saturated carbocycles. The summed E-state index contributed by atoms with van der Waals surface area (Å²) in [6.07, 6.45) is 24.0. The minimum atomic E-state index is 0.928.